The molecule has 0 bridgehead atoms. The van der Waals surface area contributed by atoms with Crippen LogP contribution in [0.15, 0.2) is 0 Å². The molecule has 0 saturated carbocycles. The van der Waals surface area contributed by atoms with Gasteiger partial charge in [0.25, 0.3) is 0 Å². The lowest BCUT2D eigenvalue weighted by Crippen LogP contribution is -2.01. The summed E-state index contributed by atoms with van der Waals surface area (Å²) in [5, 5.41) is 2.69. The Morgan fingerprint density at radius 3 is 2.50 bits per heavy atom. The van der Waals surface area contributed by atoms with E-state index in [1.807, 2.05) is 0 Å². The number of rotatable bonds is 1. The van der Waals surface area contributed by atoms with Gasteiger partial charge in [-0.3, -0.25) is 0 Å². The van der Waals surface area contributed by atoms with Gasteiger partial charge < -0.3 is 5.32 Å². The summed E-state index contributed by atoms with van der Waals surface area (Å²) < 4.78 is 6.72. The highest BCUT2D eigenvalue weighted by Crippen LogP contribution is 1.34. The molecule has 0 rings (SSSR count). The molecule has 0 radical (unpaired) electrons. The van der Waals surface area contributed by atoms with E-state index in [2.05, 4.69) is 5.32 Å². The Morgan fingerprint density at radius 1 is 2.25 bits per heavy atom. The van der Waals surface area contributed by atoms with Crippen LogP contribution >= 0.6 is 0 Å². The van der Waals surface area contributed by atoms with Crippen LogP contribution in [0.25, 0.3) is 0 Å². The summed E-state index contributed by atoms with van der Waals surface area (Å²) in [6, 6.07) is 0. The maximum atomic E-state index is 6.72. The molecule has 0 aliphatic rings. The molecule has 0 aromatic carbocycles. The molecule has 1 atom stereocenters. The van der Waals surface area contributed by atoms with E-state index in [0.717, 1.165) is 0 Å². The summed E-state index contributed by atoms with van der Waals surface area (Å²) in [5.41, 5.74) is 0. The molecule has 4 heavy (non-hydrogen) atoms. The first kappa shape index (κ1) is 2.21. The lowest BCUT2D eigenvalue weighted by atomic mass is 10.8. The molecule has 1 nitrogen and oxygen atoms in total. The fraction of sp³-hybridized carbons (Fsp3) is 1.00. The zero-order chi connectivity index (χ0) is 4.28. The third kappa shape index (κ3) is 1.96. The normalized spacial score (nSPS) is 19.0. The van der Waals surface area contributed by atoms with Crippen LogP contribution in [0.2, 0.25) is 0 Å². The maximum Gasteiger partial charge on any atom is 0.0425 e. The number of hydrogen-bond donors (Lipinski definition) is 1. The average molecular weight is 61.1 g/mol. The molecule has 0 spiro atoms. The fourth-order valence-electron chi connectivity index (χ4n) is 0. The second kappa shape index (κ2) is 2.96. The lowest BCUT2D eigenvalue weighted by Gasteiger charge is -1.76. The van der Waals surface area contributed by atoms with Crippen molar-refractivity contribution in [2.75, 3.05) is 13.6 Å². The third-order valence-corrected chi connectivity index (χ3v) is 0.289. The van der Waals surface area contributed by atoms with E-state index in [9.17, 15) is 0 Å². The Hall–Kier alpha value is -0.0400. The Morgan fingerprint density at radius 2 is 2.50 bits per heavy atom. The van der Waals surface area contributed by atoms with Gasteiger partial charge in [0.2, 0.25) is 0 Å². The van der Waals surface area contributed by atoms with E-state index in [0.29, 0.717) is 0 Å². The van der Waals surface area contributed by atoms with Crippen LogP contribution in [-0.4, -0.2) is 13.6 Å². The summed E-state index contributed by atoms with van der Waals surface area (Å²) in [4.78, 5) is 0. The van der Waals surface area contributed by atoms with Crippen LogP contribution in [0.1, 0.15) is 8.29 Å². The van der Waals surface area contributed by atoms with E-state index >= 15 is 0 Å². The summed E-state index contributed by atoms with van der Waals surface area (Å²) in [6.45, 7) is 1.66. The lowest BCUT2D eigenvalue weighted by molar-refractivity contribution is 0.864. The predicted molar refractivity (Wildman–Crippen MR) is 19.6 cm³/mol. The van der Waals surface area contributed by atoms with Gasteiger partial charge in [0.05, 0.1) is 0 Å². The molecule has 0 aromatic heterocycles. The van der Waals surface area contributed by atoms with E-state index in [1.165, 1.54) is 0 Å². The van der Waals surface area contributed by atoms with E-state index < -0.39 is 0 Å². The monoisotopic (exact) mass is 61.1 g/mol. The van der Waals surface area contributed by atoms with Crippen molar-refractivity contribution in [3.05, 3.63) is 0 Å². The molecule has 0 fully saturated rings. The minimum atomic E-state index is -0.116. The van der Waals surface area contributed by atoms with Crippen LogP contribution in [0.3, 0.4) is 0 Å². The molecule has 1 unspecified atom stereocenters. The number of hydrogen-bond acceptors (Lipinski definition) is 1. The summed E-state index contributed by atoms with van der Waals surface area (Å²) in [6.07, 6.45) is 0. The van der Waals surface area contributed by atoms with Crippen molar-refractivity contribution in [1.82, 2.24) is 5.32 Å². The first-order chi connectivity index (χ1) is 2.27. The third-order valence-electron chi connectivity index (χ3n) is 0.289. The van der Waals surface area contributed by atoms with Crippen molar-refractivity contribution in [2.24, 2.45) is 0 Å². The highest BCUT2D eigenvalue weighted by atomic mass is 14.8. The van der Waals surface area contributed by atoms with Crippen LogP contribution in [0.4, 0.5) is 0 Å². The van der Waals surface area contributed by atoms with Crippen molar-refractivity contribution in [3.8, 4) is 0 Å². The molecule has 1 heteroatoms. The van der Waals surface area contributed by atoms with Crippen LogP contribution in [0, 0.1) is 0 Å². The maximum absolute atomic E-state index is 6.72. The van der Waals surface area contributed by atoms with Crippen molar-refractivity contribution < 1.29 is 1.37 Å². The second-order valence-corrected chi connectivity index (χ2v) is 0.577. The van der Waals surface area contributed by atoms with Crippen molar-refractivity contribution in [1.29, 1.82) is 0 Å². The van der Waals surface area contributed by atoms with Crippen molar-refractivity contribution >= 4 is 0 Å². The van der Waals surface area contributed by atoms with Gasteiger partial charge in [0.15, 0.2) is 0 Å². The van der Waals surface area contributed by atoms with Crippen LogP contribution in [-0.2, 0) is 0 Å². The van der Waals surface area contributed by atoms with Gasteiger partial charge in [-0.2, -0.15) is 0 Å². The van der Waals surface area contributed by atoms with Crippen LogP contribution < -0.4 is 5.32 Å². The van der Waals surface area contributed by atoms with Gasteiger partial charge in [-0.25, -0.2) is 0 Å². The molecular weight excluding hydrogens is 50.0 g/mol. The topological polar surface area (TPSA) is 12.0 Å². The van der Waals surface area contributed by atoms with Crippen molar-refractivity contribution in [2.45, 2.75) is 6.92 Å². The van der Waals surface area contributed by atoms with Gasteiger partial charge in [-0.15, -0.1) is 0 Å². The Kier molecular flexibility index (Phi) is 1.64. The van der Waals surface area contributed by atoms with Crippen LogP contribution in [0.5, 0.6) is 0 Å². The molecule has 0 amide bonds. The fourth-order valence-corrected chi connectivity index (χ4v) is 0. The first-order valence-electron chi connectivity index (χ1n) is 1.94. The predicted octanol–water partition coefficient (Wildman–Crippen LogP) is 0.226. The zero-order valence-corrected chi connectivity index (χ0v) is 3.08. The average Bonchev–Trinajstić information content (AvgIpc) is 1.38. The highest BCUT2D eigenvalue weighted by Gasteiger charge is 1.50. The minimum absolute atomic E-state index is 0.116. The minimum Gasteiger partial charge on any atom is -0.320 e. The standard InChI is InChI=1S/C3H9N/c1-3-4-2/h4H,3H2,1-2H3/i3T. The molecule has 0 saturated heterocycles. The molecule has 0 heterocycles. The van der Waals surface area contributed by atoms with Gasteiger partial charge in [-0.05, 0) is 13.6 Å². The number of nitrogens with one attached hydrogen (secondary N) is 1. The first-order valence-corrected chi connectivity index (χ1v) is 1.37. The molecule has 1 N–H and O–H groups in total. The molecular formula is C3H9N. The largest absolute Gasteiger partial charge is 0.320 e. The Bertz CT molecular complexity index is 20.9. The van der Waals surface area contributed by atoms with E-state index in [4.69, 9.17) is 1.37 Å². The molecule has 26 valence electrons. The van der Waals surface area contributed by atoms with Gasteiger partial charge in [0, 0.05) is 1.37 Å². The smallest absolute Gasteiger partial charge is 0.0425 e. The quantitative estimate of drug-likeness (QED) is 0.457. The summed E-state index contributed by atoms with van der Waals surface area (Å²) in [5.74, 6) is 0. The molecule has 0 aliphatic carbocycles. The van der Waals surface area contributed by atoms with Gasteiger partial charge in [-0.1, -0.05) is 6.92 Å². The zero-order valence-electron chi connectivity index (χ0n) is 4.08. The van der Waals surface area contributed by atoms with E-state index in [-0.39, 0.29) is 6.52 Å². The highest BCUT2D eigenvalue weighted by molar-refractivity contribution is 4.15. The SMILES string of the molecule is [3H]C(C)NC. The summed E-state index contributed by atoms with van der Waals surface area (Å²) >= 11 is 0. The summed E-state index contributed by atoms with van der Waals surface area (Å²) in [7, 11) is 1.76. The van der Waals surface area contributed by atoms with Crippen molar-refractivity contribution in [3.63, 3.8) is 0 Å². The van der Waals surface area contributed by atoms with E-state index in [1.54, 1.807) is 14.0 Å². The Balaban J connectivity index is 2.54. The Labute approximate surface area is 28.4 Å². The van der Waals surface area contributed by atoms with Gasteiger partial charge in [0.1, 0.15) is 0 Å². The van der Waals surface area contributed by atoms with Gasteiger partial charge >= 0.3 is 0 Å². The molecule has 0 aliphatic heterocycles. The second-order valence-electron chi connectivity index (χ2n) is 0.577. The molecule has 0 aromatic rings.